The Hall–Kier alpha value is -3.05. The fraction of sp³-hybridized carbons (Fsp3) is 0.273. The Labute approximate surface area is 184 Å². The van der Waals surface area contributed by atoms with Crippen molar-refractivity contribution in [2.24, 2.45) is 0 Å². The second kappa shape index (κ2) is 8.47. The minimum absolute atomic E-state index is 0.0899. The van der Waals surface area contributed by atoms with E-state index in [1.807, 2.05) is 6.07 Å². The highest BCUT2D eigenvalue weighted by Gasteiger charge is 2.50. The number of benzene rings is 2. The molecular formula is C22H21N3O6S. The lowest BCUT2D eigenvalue weighted by Gasteiger charge is -2.18. The third kappa shape index (κ3) is 4.05. The quantitative estimate of drug-likeness (QED) is 0.606. The van der Waals surface area contributed by atoms with Crippen LogP contribution >= 0.6 is 0 Å². The molecule has 32 heavy (non-hydrogen) atoms. The zero-order chi connectivity index (χ0) is 22.1. The first-order valence-corrected chi connectivity index (χ1v) is 11.6. The fourth-order valence-corrected chi connectivity index (χ4v) is 5.44. The Bertz CT molecular complexity index is 1230. The highest BCUT2D eigenvalue weighted by Crippen LogP contribution is 2.30. The van der Waals surface area contributed by atoms with Gasteiger partial charge in [-0.25, -0.2) is 17.9 Å². The number of hydrogen-bond acceptors (Lipinski definition) is 7. The number of nitrogens with zero attached hydrogens (tertiary/aromatic N) is 1. The van der Waals surface area contributed by atoms with Gasteiger partial charge < -0.3 is 14.2 Å². The van der Waals surface area contributed by atoms with Gasteiger partial charge in [0.1, 0.15) is 17.1 Å². The molecule has 1 aromatic heterocycles. The molecule has 3 aromatic rings. The third-order valence-electron chi connectivity index (χ3n) is 5.48. The van der Waals surface area contributed by atoms with E-state index >= 15 is 0 Å². The number of amides is 1. The summed E-state index contributed by atoms with van der Waals surface area (Å²) < 4.78 is 45.8. The molecule has 2 saturated heterocycles. The monoisotopic (exact) mass is 455 g/mol. The van der Waals surface area contributed by atoms with Crippen LogP contribution in [0.15, 0.2) is 71.8 Å². The van der Waals surface area contributed by atoms with Crippen molar-refractivity contribution >= 4 is 32.7 Å². The largest absolute Gasteiger partial charge is 0.441 e. The van der Waals surface area contributed by atoms with Gasteiger partial charge in [-0.3, -0.25) is 10.3 Å². The van der Waals surface area contributed by atoms with E-state index in [9.17, 15) is 13.2 Å². The summed E-state index contributed by atoms with van der Waals surface area (Å²) in [4.78, 5) is 16.5. The maximum Gasteiger partial charge on any atom is 0.412 e. The molecule has 0 unspecified atom stereocenters. The molecule has 0 aliphatic carbocycles. The van der Waals surface area contributed by atoms with Crippen LogP contribution < -0.4 is 10.0 Å². The lowest BCUT2D eigenvalue weighted by molar-refractivity contribution is 0.00883. The third-order valence-corrected chi connectivity index (χ3v) is 7.00. The molecule has 0 radical (unpaired) electrons. The Kier molecular flexibility index (Phi) is 5.51. The summed E-state index contributed by atoms with van der Waals surface area (Å²) in [7, 11) is -3.88. The predicted molar refractivity (Wildman–Crippen MR) is 116 cm³/mol. The number of para-hydroxylation sites is 2. The minimum Gasteiger partial charge on any atom is -0.441 e. The van der Waals surface area contributed by atoms with E-state index in [0.29, 0.717) is 11.2 Å². The SMILES string of the molecule is O=C(Nc1ccccc1)O[C@@H]1CO[C@H]2[C@@H]1OC[C@@H]2NS(=O)(=O)c1cccc2cccnc12. The topological polar surface area (TPSA) is 116 Å². The van der Waals surface area contributed by atoms with Gasteiger partial charge in [-0.1, -0.05) is 36.4 Å². The van der Waals surface area contributed by atoms with Crippen molar-refractivity contribution < 1.29 is 27.4 Å². The van der Waals surface area contributed by atoms with Crippen LogP contribution in [0.1, 0.15) is 0 Å². The lowest BCUT2D eigenvalue weighted by Crippen LogP contribution is -2.44. The normalized spacial score (nSPS) is 24.9. The Morgan fingerprint density at radius 2 is 1.75 bits per heavy atom. The standard InChI is InChI=1S/C22H21N3O6S/c26-22(24-15-8-2-1-3-9-15)31-17-13-30-20-16(12-29-21(17)20)25-32(27,28)18-10-4-6-14-7-5-11-23-19(14)18/h1-11,16-17,20-21,25H,12-13H2,(H,24,26)/t16-,17+,20+,21+/m0/s1. The fourth-order valence-electron chi connectivity index (χ4n) is 4.03. The average molecular weight is 455 g/mol. The van der Waals surface area contributed by atoms with E-state index in [-0.39, 0.29) is 18.1 Å². The van der Waals surface area contributed by atoms with Gasteiger partial charge in [0.25, 0.3) is 0 Å². The summed E-state index contributed by atoms with van der Waals surface area (Å²) in [6.07, 6.45) is -0.840. The summed E-state index contributed by atoms with van der Waals surface area (Å²) >= 11 is 0. The van der Waals surface area contributed by atoms with Crippen LogP contribution in [0.25, 0.3) is 10.9 Å². The zero-order valence-electron chi connectivity index (χ0n) is 16.9. The number of sulfonamides is 1. The number of nitrogens with one attached hydrogen (secondary N) is 2. The highest BCUT2D eigenvalue weighted by atomic mass is 32.2. The van der Waals surface area contributed by atoms with Crippen LogP contribution in [0, 0.1) is 0 Å². The number of pyridine rings is 1. The maximum absolute atomic E-state index is 13.1. The molecule has 2 aliphatic rings. The Morgan fingerprint density at radius 1 is 0.969 bits per heavy atom. The van der Waals surface area contributed by atoms with Gasteiger partial charge in [-0.2, -0.15) is 0 Å². The second-order valence-electron chi connectivity index (χ2n) is 7.59. The van der Waals surface area contributed by atoms with E-state index in [0.717, 1.165) is 5.39 Å². The van der Waals surface area contributed by atoms with Gasteiger partial charge in [0.15, 0.2) is 6.10 Å². The molecule has 5 rings (SSSR count). The number of hydrogen-bond donors (Lipinski definition) is 2. The smallest absolute Gasteiger partial charge is 0.412 e. The number of ether oxygens (including phenoxy) is 3. The Balaban J connectivity index is 1.26. The van der Waals surface area contributed by atoms with Gasteiger partial charge in [-0.15, -0.1) is 0 Å². The summed E-state index contributed by atoms with van der Waals surface area (Å²) in [5, 5.41) is 3.37. The average Bonchev–Trinajstić information content (AvgIpc) is 3.37. The Morgan fingerprint density at radius 3 is 2.59 bits per heavy atom. The minimum atomic E-state index is -3.88. The molecule has 9 nitrogen and oxygen atoms in total. The molecule has 1 amide bonds. The predicted octanol–water partition coefficient (Wildman–Crippen LogP) is 2.30. The van der Waals surface area contributed by atoms with E-state index in [2.05, 4.69) is 15.0 Å². The molecule has 166 valence electrons. The van der Waals surface area contributed by atoms with Crippen LogP contribution in [-0.4, -0.2) is 57.1 Å². The maximum atomic E-state index is 13.1. The van der Waals surface area contributed by atoms with Crippen LogP contribution in [0.2, 0.25) is 0 Å². The number of fused-ring (bicyclic) bond motifs is 2. The first-order valence-electron chi connectivity index (χ1n) is 10.1. The van der Waals surface area contributed by atoms with E-state index in [1.165, 1.54) is 6.07 Å². The van der Waals surface area contributed by atoms with Crippen LogP contribution in [0.3, 0.4) is 0 Å². The molecule has 4 atom stereocenters. The number of rotatable bonds is 5. The molecule has 10 heteroatoms. The first-order chi connectivity index (χ1) is 15.5. The number of aromatic nitrogens is 1. The van der Waals surface area contributed by atoms with Crippen LogP contribution in [-0.2, 0) is 24.2 Å². The highest BCUT2D eigenvalue weighted by molar-refractivity contribution is 7.89. The van der Waals surface area contributed by atoms with Gasteiger partial charge in [0.2, 0.25) is 10.0 Å². The molecule has 2 fully saturated rings. The molecular weight excluding hydrogens is 434 g/mol. The second-order valence-corrected chi connectivity index (χ2v) is 9.27. The van der Waals surface area contributed by atoms with Gasteiger partial charge in [-0.05, 0) is 24.3 Å². The van der Waals surface area contributed by atoms with Crippen molar-refractivity contribution in [1.82, 2.24) is 9.71 Å². The molecule has 0 saturated carbocycles. The van der Waals surface area contributed by atoms with Gasteiger partial charge in [0.05, 0.1) is 24.8 Å². The summed E-state index contributed by atoms with van der Waals surface area (Å²) in [6.45, 7) is 0.221. The van der Waals surface area contributed by atoms with Crippen LogP contribution in [0.4, 0.5) is 10.5 Å². The number of carbonyl (C=O) groups excluding carboxylic acids is 1. The summed E-state index contributed by atoms with van der Waals surface area (Å²) in [5.74, 6) is 0. The van der Waals surface area contributed by atoms with Crippen molar-refractivity contribution in [3.63, 3.8) is 0 Å². The summed E-state index contributed by atoms with van der Waals surface area (Å²) in [6, 6.07) is 16.9. The molecule has 2 aliphatic heterocycles. The number of anilines is 1. The zero-order valence-corrected chi connectivity index (χ0v) is 17.7. The van der Waals surface area contributed by atoms with Gasteiger partial charge >= 0.3 is 6.09 Å². The molecule has 3 heterocycles. The van der Waals surface area contributed by atoms with Crippen molar-refractivity contribution in [3.05, 3.63) is 66.9 Å². The molecule has 0 bridgehead atoms. The van der Waals surface area contributed by atoms with Crippen molar-refractivity contribution in [1.29, 1.82) is 0 Å². The van der Waals surface area contributed by atoms with Crippen LogP contribution in [0.5, 0.6) is 0 Å². The van der Waals surface area contributed by atoms with E-state index in [1.54, 1.807) is 54.7 Å². The van der Waals surface area contributed by atoms with Crippen molar-refractivity contribution in [2.75, 3.05) is 18.5 Å². The van der Waals surface area contributed by atoms with Gasteiger partial charge in [0, 0.05) is 17.3 Å². The van der Waals surface area contributed by atoms with Crippen molar-refractivity contribution in [2.45, 2.75) is 29.2 Å². The summed E-state index contributed by atoms with van der Waals surface area (Å²) in [5.41, 5.74) is 0.999. The van der Waals surface area contributed by atoms with E-state index in [4.69, 9.17) is 14.2 Å². The van der Waals surface area contributed by atoms with E-state index < -0.39 is 40.5 Å². The molecule has 2 N–H and O–H groups in total. The van der Waals surface area contributed by atoms with Crippen molar-refractivity contribution in [3.8, 4) is 0 Å². The lowest BCUT2D eigenvalue weighted by atomic mass is 10.1. The molecule has 0 spiro atoms. The molecule has 2 aromatic carbocycles. The number of carbonyl (C=O) groups is 1. The first kappa shape index (κ1) is 20.8.